The number of likely N-dealkylation sites (N-methyl/N-ethyl adjacent to an activating group) is 2. The van der Waals surface area contributed by atoms with Gasteiger partial charge in [0.2, 0.25) is 11.8 Å². The Morgan fingerprint density at radius 2 is 1.29 bits per heavy atom. The molecule has 4 heterocycles. The fraction of sp³-hybridized carbons (Fsp3) is 0.414. The van der Waals surface area contributed by atoms with Crippen LogP contribution in [0.15, 0.2) is 24.3 Å². The number of hydrogen-bond donors (Lipinski definition) is 3. The average molecular weight is 631 g/mol. The number of nitrogens with zero attached hydrogens (tertiary/aromatic N) is 4. The second-order valence-corrected chi connectivity index (χ2v) is 10.7. The summed E-state index contributed by atoms with van der Waals surface area (Å²) in [5, 5.41) is 10.7. The summed E-state index contributed by atoms with van der Waals surface area (Å²) in [7, 11) is 0. The number of fused-ring (bicyclic) bond motifs is 2. The van der Waals surface area contributed by atoms with Crippen LogP contribution in [0.25, 0.3) is 0 Å². The van der Waals surface area contributed by atoms with E-state index in [1.807, 2.05) is 0 Å². The number of anilines is 4. The standard InChI is InChI=1S/C15H16FN3O5.C14H16FN3O3/c1-2-18-12(20)4-8-3-9(5-11(16)13(8)18)19-7-10(24-15(19)23)6-17-14(21)22;1-2-17-12(19)4-8-3-9(5-11(15)13(8)17)18-7-10(6-16)21-14(18)20/h3,5,10,17H,2,4,6-7H2,1H3,(H,21,22);3,5,10H,2,4,6-7,16H2,1H3/t2*10-/m01/s1. The first-order valence-corrected chi connectivity index (χ1v) is 14.3. The number of rotatable bonds is 7. The molecule has 2 fully saturated rings. The highest BCUT2D eigenvalue weighted by molar-refractivity contribution is 6.03. The van der Waals surface area contributed by atoms with Crippen molar-refractivity contribution in [3.63, 3.8) is 0 Å². The van der Waals surface area contributed by atoms with Gasteiger partial charge in [0, 0.05) is 19.6 Å². The molecule has 0 spiro atoms. The van der Waals surface area contributed by atoms with Gasteiger partial charge in [-0.2, -0.15) is 0 Å². The fourth-order valence-corrected chi connectivity index (χ4v) is 5.80. The minimum atomic E-state index is -1.22. The number of benzene rings is 2. The molecule has 4 aliphatic heterocycles. The normalized spacial score (nSPS) is 20.2. The second kappa shape index (κ2) is 12.6. The summed E-state index contributed by atoms with van der Waals surface area (Å²) in [6.07, 6.45) is -3.24. The van der Waals surface area contributed by atoms with Crippen LogP contribution in [0.3, 0.4) is 0 Å². The highest BCUT2D eigenvalue weighted by Gasteiger charge is 2.37. The summed E-state index contributed by atoms with van der Waals surface area (Å²) in [5.41, 5.74) is 7.86. The van der Waals surface area contributed by atoms with Crippen molar-refractivity contribution in [3.05, 3.63) is 47.0 Å². The van der Waals surface area contributed by atoms with Gasteiger partial charge in [-0.15, -0.1) is 0 Å². The summed E-state index contributed by atoms with van der Waals surface area (Å²) >= 11 is 0. The van der Waals surface area contributed by atoms with Crippen LogP contribution in [0.1, 0.15) is 25.0 Å². The van der Waals surface area contributed by atoms with Gasteiger partial charge in [-0.1, -0.05) is 0 Å². The number of cyclic esters (lactones) is 2. The Kier molecular flexibility index (Phi) is 8.77. The van der Waals surface area contributed by atoms with Crippen LogP contribution in [0.5, 0.6) is 0 Å². The van der Waals surface area contributed by atoms with Crippen LogP contribution in [-0.2, 0) is 31.9 Å². The third kappa shape index (κ3) is 6.05. The van der Waals surface area contributed by atoms with Gasteiger partial charge in [0.25, 0.3) is 0 Å². The minimum Gasteiger partial charge on any atom is -0.465 e. The summed E-state index contributed by atoms with van der Waals surface area (Å²) in [6.45, 7) is 4.91. The molecule has 240 valence electrons. The van der Waals surface area contributed by atoms with Crippen molar-refractivity contribution in [3.8, 4) is 0 Å². The maximum Gasteiger partial charge on any atom is 0.414 e. The van der Waals surface area contributed by atoms with Crippen molar-refractivity contribution < 1.29 is 47.3 Å². The monoisotopic (exact) mass is 630 g/mol. The molecule has 0 unspecified atom stereocenters. The number of amides is 5. The van der Waals surface area contributed by atoms with Crippen LogP contribution >= 0.6 is 0 Å². The molecule has 2 saturated heterocycles. The smallest absolute Gasteiger partial charge is 0.414 e. The van der Waals surface area contributed by atoms with E-state index >= 15 is 0 Å². The van der Waals surface area contributed by atoms with Gasteiger partial charge in [0.1, 0.15) is 23.8 Å². The van der Waals surface area contributed by atoms with E-state index in [4.69, 9.17) is 20.3 Å². The lowest BCUT2D eigenvalue weighted by Gasteiger charge is -2.18. The SMILES string of the molecule is CCN1C(=O)Cc2cc(N3C[C@@H](CN)OC3=O)cc(F)c21.CCN1C(=O)Cc2cc(N3C[C@H](CNC(=O)O)OC3=O)cc(F)c21. The molecular formula is C29H32F2N6O8. The molecule has 0 aromatic heterocycles. The molecule has 2 atom stereocenters. The average Bonchev–Trinajstić information content (AvgIpc) is 3.73. The Bertz CT molecular complexity index is 1570. The van der Waals surface area contributed by atoms with Crippen LogP contribution in [0.2, 0.25) is 0 Å². The highest BCUT2D eigenvalue weighted by atomic mass is 19.1. The van der Waals surface area contributed by atoms with E-state index in [0.29, 0.717) is 47.8 Å². The topological polar surface area (TPSA) is 175 Å². The van der Waals surface area contributed by atoms with E-state index in [1.165, 1.54) is 31.7 Å². The molecule has 5 amide bonds. The highest BCUT2D eigenvalue weighted by Crippen LogP contribution is 2.37. The Morgan fingerprint density at radius 3 is 1.69 bits per heavy atom. The predicted octanol–water partition coefficient (Wildman–Crippen LogP) is 2.35. The first-order valence-electron chi connectivity index (χ1n) is 14.3. The Balaban J connectivity index is 0.000000179. The first-order chi connectivity index (χ1) is 21.4. The van der Waals surface area contributed by atoms with Gasteiger partial charge in [-0.25, -0.2) is 23.2 Å². The molecule has 45 heavy (non-hydrogen) atoms. The van der Waals surface area contributed by atoms with Gasteiger partial charge in [-0.05, 0) is 49.2 Å². The summed E-state index contributed by atoms with van der Waals surface area (Å²) in [4.78, 5) is 63.4. The first kappa shape index (κ1) is 31.4. The van der Waals surface area contributed by atoms with Crippen LogP contribution < -0.4 is 30.7 Å². The van der Waals surface area contributed by atoms with Crippen LogP contribution in [0, 0.1) is 11.6 Å². The Morgan fingerprint density at radius 1 is 0.844 bits per heavy atom. The quantitative estimate of drug-likeness (QED) is 0.415. The van der Waals surface area contributed by atoms with E-state index in [2.05, 4.69) is 5.32 Å². The van der Waals surface area contributed by atoms with E-state index in [1.54, 1.807) is 26.0 Å². The van der Waals surface area contributed by atoms with E-state index in [9.17, 15) is 32.8 Å². The van der Waals surface area contributed by atoms with Crippen molar-refractivity contribution in [2.45, 2.75) is 38.9 Å². The van der Waals surface area contributed by atoms with E-state index < -0.39 is 36.0 Å². The van der Waals surface area contributed by atoms with E-state index in [0.717, 1.165) is 0 Å². The lowest BCUT2D eigenvalue weighted by molar-refractivity contribution is -0.118. The zero-order valence-corrected chi connectivity index (χ0v) is 24.5. The fourth-order valence-electron chi connectivity index (χ4n) is 5.80. The molecular weight excluding hydrogens is 598 g/mol. The number of ether oxygens (including phenoxy) is 2. The molecule has 6 rings (SSSR count). The number of carbonyl (C=O) groups is 5. The lowest BCUT2D eigenvalue weighted by atomic mass is 10.1. The lowest BCUT2D eigenvalue weighted by Crippen LogP contribution is -2.33. The zero-order valence-electron chi connectivity index (χ0n) is 24.5. The summed E-state index contributed by atoms with van der Waals surface area (Å²) < 4.78 is 38.9. The van der Waals surface area contributed by atoms with Crippen LogP contribution in [0.4, 0.5) is 45.9 Å². The van der Waals surface area contributed by atoms with Crippen molar-refractivity contribution in [1.29, 1.82) is 0 Å². The predicted molar refractivity (Wildman–Crippen MR) is 157 cm³/mol. The number of halogens is 2. The molecule has 4 N–H and O–H groups in total. The number of nitrogens with one attached hydrogen (secondary N) is 1. The zero-order chi connectivity index (χ0) is 32.6. The largest absolute Gasteiger partial charge is 0.465 e. The number of nitrogens with two attached hydrogens (primary N) is 1. The summed E-state index contributed by atoms with van der Waals surface area (Å²) in [6, 6.07) is 5.72. The molecule has 0 bridgehead atoms. The third-order valence-electron chi connectivity index (χ3n) is 7.83. The molecule has 0 saturated carbocycles. The van der Waals surface area contributed by atoms with Crippen molar-refractivity contribution in [1.82, 2.24) is 5.32 Å². The van der Waals surface area contributed by atoms with Gasteiger partial charge in [0.05, 0.1) is 55.2 Å². The Labute approximate surface area is 256 Å². The van der Waals surface area contributed by atoms with Crippen molar-refractivity contribution in [2.75, 3.05) is 58.9 Å². The number of carboxylic acid groups (broad SMARTS) is 1. The molecule has 16 heteroatoms. The number of carbonyl (C=O) groups excluding carboxylic acids is 4. The third-order valence-corrected chi connectivity index (χ3v) is 7.83. The maximum absolute atomic E-state index is 14.4. The van der Waals surface area contributed by atoms with Gasteiger partial charge < -0.3 is 35.4 Å². The van der Waals surface area contributed by atoms with Crippen molar-refractivity contribution >= 4 is 52.8 Å². The Hall–Kier alpha value is -4.99. The number of hydrogen-bond acceptors (Lipinski definition) is 8. The van der Waals surface area contributed by atoms with Crippen molar-refractivity contribution in [2.24, 2.45) is 5.73 Å². The molecule has 2 aromatic carbocycles. The van der Waals surface area contributed by atoms with Crippen LogP contribution in [-0.4, -0.2) is 86.7 Å². The van der Waals surface area contributed by atoms with Gasteiger partial charge in [-0.3, -0.25) is 19.4 Å². The molecule has 0 aliphatic carbocycles. The van der Waals surface area contributed by atoms with Gasteiger partial charge >= 0.3 is 18.3 Å². The minimum absolute atomic E-state index is 0.0485. The molecule has 14 nitrogen and oxygen atoms in total. The molecule has 2 aromatic rings. The van der Waals surface area contributed by atoms with Gasteiger partial charge in [0.15, 0.2) is 0 Å². The summed E-state index contributed by atoms with van der Waals surface area (Å²) in [5.74, 6) is -1.39. The molecule has 4 aliphatic rings. The second-order valence-electron chi connectivity index (χ2n) is 10.7. The molecule has 0 radical (unpaired) electrons. The maximum atomic E-state index is 14.4. The van der Waals surface area contributed by atoms with E-state index in [-0.39, 0.29) is 56.1 Å².